The second-order valence-electron chi connectivity index (χ2n) is 3.80. The Morgan fingerprint density at radius 2 is 1.12 bits per heavy atom. The van der Waals surface area contributed by atoms with Gasteiger partial charge in [-0.25, -0.2) is 0 Å². The number of hydrogen-bond donors (Lipinski definition) is 2. The first kappa shape index (κ1) is 11.3. The lowest BCUT2D eigenvalue weighted by Gasteiger charge is -2.08. The highest BCUT2D eigenvalue weighted by molar-refractivity contribution is 5.79. The molecule has 17 heavy (non-hydrogen) atoms. The summed E-state index contributed by atoms with van der Waals surface area (Å²) >= 11 is 0. The molecule has 2 N–H and O–H groups in total. The maximum Gasteiger partial charge on any atom is 0.115 e. The van der Waals surface area contributed by atoms with E-state index in [2.05, 4.69) is 0 Å². The second kappa shape index (κ2) is 4.74. The fraction of sp³-hybridized carbons (Fsp3) is 0.0667. The molecule has 2 heteroatoms. The van der Waals surface area contributed by atoms with E-state index >= 15 is 0 Å². The van der Waals surface area contributed by atoms with E-state index in [1.165, 1.54) is 0 Å². The number of aromatic hydroxyl groups is 2. The van der Waals surface area contributed by atoms with Gasteiger partial charge in [0.25, 0.3) is 0 Å². The molecule has 2 nitrogen and oxygen atoms in total. The first-order valence-corrected chi connectivity index (χ1v) is 5.46. The van der Waals surface area contributed by atoms with Gasteiger partial charge in [-0.15, -0.1) is 0 Å². The van der Waals surface area contributed by atoms with Crippen molar-refractivity contribution in [3.8, 4) is 11.5 Å². The molecule has 0 spiro atoms. The quantitative estimate of drug-likeness (QED) is 0.822. The van der Waals surface area contributed by atoms with Crippen molar-refractivity contribution in [1.82, 2.24) is 0 Å². The highest BCUT2D eigenvalue weighted by atomic mass is 16.3. The number of hydrogen-bond acceptors (Lipinski definition) is 2. The van der Waals surface area contributed by atoms with Crippen LogP contribution in [0.5, 0.6) is 11.5 Å². The molecule has 0 unspecified atom stereocenters. The van der Waals surface area contributed by atoms with Gasteiger partial charge in [0.1, 0.15) is 11.5 Å². The average Bonchev–Trinajstić information content (AvgIpc) is 2.35. The van der Waals surface area contributed by atoms with Crippen molar-refractivity contribution in [3.05, 3.63) is 65.7 Å². The van der Waals surface area contributed by atoms with Gasteiger partial charge >= 0.3 is 0 Å². The molecule has 0 aliphatic carbocycles. The summed E-state index contributed by atoms with van der Waals surface area (Å²) in [6.45, 7) is 1.97. The minimum Gasteiger partial charge on any atom is -0.508 e. The summed E-state index contributed by atoms with van der Waals surface area (Å²) in [7, 11) is 0. The van der Waals surface area contributed by atoms with E-state index < -0.39 is 0 Å². The third-order valence-corrected chi connectivity index (χ3v) is 2.65. The Kier molecular flexibility index (Phi) is 3.15. The van der Waals surface area contributed by atoms with Crippen molar-refractivity contribution < 1.29 is 10.2 Å². The topological polar surface area (TPSA) is 40.5 Å². The van der Waals surface area contributed by atoms with E-state index in [1.807, 2.05) is 37.3 Å². The van der Waals surface area contributed by atoms with Crippen LogP contribution in [0.15, 0.2) is 54.6 Å². The zero-order valence-corrected chi connectivity index (χ0v) is 9.59. The van der Waals surface area contributed by atoms with Crippen LogP contribution in [0.2, 0.25) is 0 Å². The SMILES string of the molecule is CC=C(c1ccc(O)cc1)c1ccc(O)cc1. The number of phenolic OH excluding ortho intramolecular Hbond substituents is 2. The predicted molar refractivity (Wildman–Crippen MR) is 69.0 cm³/mol. The lowest BCUT2D eigenvalue weighted by atomic mass is 9.98. The minimum atomic E-state index is 0.259. The van der Waals surface area contributed by atoms with Gasteiger partial charge in [-0.05, 0) is 47.9 Å². The van der Waals surface area contributed by atoms with Gasteiger partial charge < -0.3 is 10.2 Å². The van der Waals surface area contributed by atoms with Crippen LogP contribution in [0, 0.1) is 0 Å². The van der Waals surface area contributed by atoms with Crippen molar-refractivity contribution in [3.63, 3.8) is 0 Å². The maximum atomic E-state index is 9.27. The lowest BCUT2D eigenvalue weighted by Crippen LogP contribution is -1.86. The Labute approximate surface area is 100 Å². The monoisotopic (exact) mass is 226 g/mol. The van der Waals surface area contributed by atoms with Crippen molar-refractivity contribution in [1.29, 1.82) is 0 Å². The van der Waals surface area contributed by atoms with Crippen LogP contribution in [0.25, 0.3) is 5.57 Å². The van der Waals surface area contributed by atoms with Gasteiger partial charge in [0.15, 0.2) is 0 Å². The van der Waals surface area contributed by atoms with Crippen LogP contribution in [0.3, 0.4) is 0 Å². The molecule has 0 aliphatic heterocycles. The normalized spacial score (nSPS) is 9.94. The van der Waals surface area contributed by atoms with Crippen molar-refractivity contribution in [2.75, 3.05) is 0 Å². The van der Waals surface area contributed by atoms with E-state index in [-0.39, 0.29) is 11.5 Å². The minimum absolute atomic E-state index is 0.259. The number of allylic oxidation sites excluding steroid dienone is 1. The summed E-state index contributed by atoms with van der Waals surface area (Å²) in [5.41, 5.74) is 3.15. The molecule has 0 bridgehead atoms. The summed E-state index contributed by atoms with van der Waals surface area (Å²) in [4.78, 5) is 0. The highest BCUT2D eigenvalue weighted by Gasteiger charge is 2.03. The maximum absolute atomic E-state index is 9.27. The molecular weight excluding hydrogens is 212 g/mol. The van der Waals surface area contributed by atoms with Crippen LogP contribution >= 0.6 is 0 Å². The van der Waals surface area contributed by atoms with Crippen LogP contribution < -0.4 is 0 Å². The van der Waals surface area contributed by atoms with Crippen LogP contribution in [0.4, 0.5) is 0 Å². The first-order valence-electron chi connectivity index (χ1n) is 5.46. The Morgan fingerprint density at radius 3 is 1.41 bits per heavy atom. The molecule has 2 rings (SSSR count). The summed E-state index contributed by atoms with van der Waals surface area (Å²) in [6.07, 6.45) is 2.01. The number of rotatable bonds is 2. The van der Waals surface area contributed by atoms with Crippen molar-refractivity contribution in [2.24, 2.45) is 0 Å². The Balaban J connectivity index is 2.41. The Hall–Kier alpha value is -2.22. The zero-order valence-electron chi connectivity index (χ0n) is 9.59. The Bertz CT molecular complexity index is 474. The molecule has 86 valence electrons. The van der Waals surface area contributed by atoms with Crippen LogP contribution in [-0.2, 0) is 0 Å². The van der Waals surface area contributed by atoms with Gasteiger partial charge in [-0.1, -0.05) is 30.3 Å². The molecule has 0 fully saturated rings. The molecule has 0 radical (unpaired) electrons. The molecule has 0 aliphatic rings. The van der Waals surface area contributed by atoms with Crippen LogP contribution in [-0.4, -0.2) is 10.2 Å². The number of benzene rings is 2. The molecule has 0 saturated heterocycles. The molecular formula is C15H14O2. The van der Waals surface area contributed by atoms with E-state index in [9.17, 15) is 10.2 Å². The molecule has 2 aromatic rings. The molecule has 2 aromatic carbocycles. The first-order chi connectivity index (χ1) is 8.20. The fourth-order valence-corrected chi connectivity index (χ4v) is 1.78. The molecule has 0 aromatic heterocycles. The smallest absolute Gasteiger partial charge is 0.115 e. The van der Waals surface area contributed by atoms with Gasteiger partial charge in [-0.2, -0.15) is 0 Å². The molecule has 0 atom stereocenters. The van der Waals surface area contributed by atoms with E-state index in [4.69, 9.17) is 0 Å². The number of phenols is 2. The third kappa shape index (κ3) is 2.48. The molecule has 0 saturated carbocycles. The van der Waals surface area contributed by atoms with E-state index in [1.54, 1.807) is 24.3 Å². The van der Waals surface area contributed by atoms with Gasteiger partial charge in [-0.3, -0.25) is 0 Å². The Morgan fingerprint density at radius 1 is 0.765 bits per heavy atom. The van der Waals surface area contributed by atoms with E-state index in [0.717, 1.165) is 16.7 Å². The largest absolute Gasteiger partial charge is 0.508 e. The van der Waals surface area contributed by atoms with Crippen LogP contribution in [0.1, 0.15) is 18.1 Å². The lowest BCUT2D eigenvalue weighted by molar-refractivity contribution is 0.475. The summed E-state index contributed by atoms with van der Waals surface area (Å²) in [5.74, 6) is 0.518. The third-order valence-electron chi connectivity index (χ3n) is 2.65. The molecule has 0 heterocycles. The van der Waals surface area contributed by atoms with Crippen molar-refractivity contribution in [2.45, 2.75) is 6.92 Å². The van der Waals surface area contributed by atoms with Gasteiger partial charge in [0, 0.05) is 0 Å². The van der Waals surface area contributed by atoms with Gasteiger partial charge in [0.2, 0.25) is 0 Å². The predicted octanol–water partition coefficient (Wildman–Crippen LogP) is 3.55. The summed E-state index contributed by atoms with van der Waals surface area (Å²) in [5, 5.41) is 18.5. The molecule has 0 amide bonds. The fourth-order valence-electron chi connectivity index (χ4n) is 1.78. The highest BCUT2D eigenvalue weighted by Crippen LogP contribution is 2.26. The van der Waals surface area contributed by atoms with Gasteiger partial charge in [0.05, 0.1) is 0 Å². The average molecular weight is 226 g/mol. The second-order valence-corrected chi connectivity index (χ2v) is 3.80. The van der Waals surface area contributed by atoms with Crippen molar-refractivity contribution >= 4 is 5.57 Å². The standard InChI is InChI=1S/C15H14O2/c1-2-15(11-3-7-13(16)8-4-11)12-5-9-14(17)10-6-12/h2-10,16-17H,1H3. The zero-order chi connectivity index (χ0) is 12.3. The summed E-state index contributed by atoms with van der Waals surface area (Å²) < 4.78 is 0. The van der Waals surface area contributed by atoms with E-state index in [0.29, 0.717) is 0 Å². The summed E-state index contributed by atoms with van der Waals surface area (Å²) in [6, 6.07) is 14.2.